The smallest absolute Gasteiger partial charge is 0.312 e. The van der Waals surface area contributed by atoms with Crippen LogP contribution in [0.1, 0.15) is 12.8 Å². The Balaban J connectivity index is 2.07. The average molecular weight is 256 g/mol. The zero-order valence-corrected chi connectivity index (χ0v) is 10.3. The highest BCUT2D eigenvalue weighted by Crippen LogP contribution is 2.19. The van der Waals surface area contributed by atoms with Gasteiger partial charge in [0.2, 0.25) is 0 Å². The summed E-state index contributed by atoms with van der Waals surface area (Å²) in [7, 11) is 1.75. The van der Waals surface area contributed by atoms with Crippen LogP contribution in [-0.2, 0) is 0 Å². The van der Waals surface area contributed by atoms with Crippen molar-refractivity contribution in [2.75, 3.05) is 38.2 Å². The van der Waals surface area contributed by atoms with Gasteiger partial charge >= 0.3 is 6.18 Å². The quantitative estimate of drug-likeness (QED) is 0.809. The molecule has 1 atom stereocenters. The van der Waals surface area contributed by atoms with Crippen LogP contribution in [0.2, 0.25) is 0 Å². The minimum atomic E-state index is -4.03. The summed E-state index contributed by atoms with van der Waals surface area (Å²) in [6, 6.07) is 0.465. The van der Waals surface area contributed by atoms with E-state index < -0.39 is 12.6 Å². The predicted molar refractivity (Wildman–Crippen MR) is 61.9 cm³/mol. The molecule has 0 bridgehead atoms. The molecule has 1 heterocycles. The lowest BCUT2D eigenvalue weighted by Gasteiger charge is -2.25. The molecular formula is C10H19F3N2S. The van der Waals surface area contributed by atoms with E-state index in [4.69, 9.17) is 0 Å². The monoisotopic (exact) mass is 256 g/mol. The molecule has 1 N–H and O–H groups in total. The second-order valence-corrected chi connectivity index (χ2v) is 5.33. The molecule has 1 aliphatic rings. The minimum absolute atomic E-state index is 0.101. The molecule has 0 spiro atoms. The van der Waals surface area contributed by atoms with E-state index in [0.717, 1.165) is 31.0 Å². The van der Waals surface area contributed by atoms with Crippen molar-refractivity contribution < 1.29 is 13.2 Å². The molecule has 0 aliphatic carbocycles. The fourth-order valence-corrected chi connectivity index (χ4v) is 2.61. The minimum Gasteiger partial charge on any atom is -0.312 e. The topological polar surface area (TPSA) is 15.3 Å². The zero-order chi connectivity index (χ0) is 12.0. The summed E-state index contributed by atoms with van der Waals surface area (Å²) in [4.78, 5) is 1.76. The highest BCUT2D eigenvalue weighted by atomic mass is 32.2. The van der Waals surface area contributed by atoms with Gasteiger partial charge in [-0.15, -0.1) is 0 Å². The molecule has 0 aromatic heterocycles. The Morgan fingerprint density at radius 1 is 1.38 bits per heavy atom. The fraction of sp³-hybridized carbons (Fsp3) is 1.00. The van der Waals surface area contributed by atoms with Gasteiger partial charge in [0, 0.05) is 30.6 Å². The number of halogens is 3. The summed E-state index contributed by atoms with van der Waals surface area (Å²) >= 11 is 1.91. The lowest BCUT2D eigenvalue weighted by molar-refractivity contribution is -0.137. The van der Waals surface area contributed by atoms with Crippen LogP contribution in [0.4, 0.5) is 13.2 Å². The van der Waals surface area contributed by atoms with Crippen LogP contribution in [0.5, 0.6) is 0 Å². The first kappa shape index (κ1) is 14.1. The van der Waals surface area contributed by atoms with E-state index in [2.05, 4.69) is 5.32 Å². The Kier molecular flexibility index (Phi) is 5.92. The number of alkyl halides is 3. The van der Waals surface area contributed by atoms with Gasteiger partial charge in [-0.2, -0.15) is 24.9 Å². The Morgan fingerprint density at radius 3 is 2.69 bits per heavy atom. The molecule has 0 saturated carbocycles. The van der Waals surface area contributed by atoms with Gasteiger partial charge in [0.1, 0.15) is 0 Å². The lowest BCUT2D eigenvalue weighted by atomic mass is 10.2. The van der Waals surface area contributed by atoms with Crippen LogP contribution in [0.25, 0.3) is 0 Å². The highest BCUT2D eigenvalue weighted by molar-refractivity contribution is 7.99. The first-order valence-corrected chi connectivity index (χ1v) is 6.69. The van der Waals surface area contributed by atoms with Crippen molar-refractivity contribution >= 4 is 11.8 Å². The number of nitrogens with zero attached hydrogens (tertiary/aromatic N) is 1. The second kappa shape index (κ2) is 6.71. The Hall–Kier alpha value is 0.0600. The molecule has 0 radical (unpaired) electrons. The van der Waals surface area contributed by atoms with Gasteiger partial charge in [-0.3, -0.25) is 0 Å². The largest absolute Gasteiger partial charge is 0.390 e. The Bertz CT molecular complexity index is 193. The SMILES string of the molecule is CN(CCC1CSCCN1)CCC(F)(F)F. The van der Waals surface area contributed by atoms with Crippen molar-refractivity contribution in [1.29, 1.82) is 0 Å². The molecule has 1 aliphatic heterocycles. The van der Waals surface area contributed by atoms with Crippen LogP contribution < -0.4 is 5.32 Å². The highest BCUT2D eigenvalue weighted by Gasteiger charge is 2.27. The second-order valence-electron chi connectivity index (χ2n) is 4.18. The van der Waals surface area contributed by atoms with Gasteiger partial charge in [0.05, 0.1) is 6.42 Å². The van der Waals surface area contributed by atoms with Gasteiger partial charge in [0.25, 0.3) is 0 Å². The molecule has 1 rings (SSSR count). The van der Waals surface area contributed by atoms with Crippen molar-refractivity contribution in [2.24, 2.45) is 0 Å². The standard InChI is InChI=1S/C10H19F3N2S/c1-15(6-3-10(11,12)13)5-2-9-8-16-7-4-14-9/h9,14H,2-8H2,1H3. The number of nitrogens with one attached hydrogen (secondary N) is 1. The van der Waals surface area contributed by atoms with Crippen molar-refractivity contribution in [3.63, 3.8) is 0 Å². The molecule has 6 heteroatoms. The first-order valence-electron chi connectivity index (χ1n) is 5.54. The first-order chi connectivity index (χ1) is 7.47. The summed E-state index contributed by atoms with van der Waals surface area (Å²) in [5, 5.41) is 3.38. The van der Waals surface area contributed by atoms with E-state index in [1.54, 1.807) is 11.9 Å². The van der Waals surface area contributed by atoms with Crippen LogP contribution in [0.3, 0.4) is 0 Å². The number of rotatable bonds is 5. The van der Waals surface area contributed by atoms with Crippen LogP contribution in [-0.4, -0.2) is 55.3 Å². The summed E-state index contributed by atoms with van der Waals surface area (Å²) in [5.41, 5.74) is 0. The number of hydrogen-bond acceptors (Lipinski definition) is 3. The molecule has 16 heavy (non-hydrogen) atoms. The molecular weight excluding hydrogens is 237 g/mol. The number of hydrogen-bond donors (Lipinski definition) is 1. The third-order valence-corrected chi connectivity index (χ3v) is 3.77. The third-order valence-electron chi connectivity index (χ3n) is 2.63. The van der Waals surface area contributed by atoms with Gasteiger partial charge in [-0.05, 0) is 20.0 Å². The third kappa shape index (κ3) is 6.60. The Labute approximate surface area is 98.9 Å². The zero-order valence-electron chi connectivity index (χ0n) is 9.52. The van der Waals surface area contributed by atoms with E-state index in [0.29, 0.717) is 6.04 Å². The van der Waals surface area contributed by atoms with Crippen LogP contribution in [0.15, 0.2) is 0 Å². The van der Waals surface area contributed by atoms with E-state index in [1.807, 2.05) is 11.8 Å². The summed E-state index contributed by atoms with van der Waals surface area (Å²) < 4.78 is 35.9. The van der Waals surface area contributed by atoms with E-state index in [1.165, 1.54) is 0 Å². The summed E-state index contributed by atoms with van der Waals surface area (Å²) in [6.07, 6.45) is -3.81. The normalized spacial score (nSPS) is 22.7. The van der Waals surface area contributed by atoms with Crippen molar-refractivity contribution in [3.05, 3.63) is 0 Å². The maximum atomic E-state index is 12.0. The lowest BCUT2D eigenvalue weighted by Crippen LogP contribution is -2.40. The number of thioether (sulfide) groups is 1. The fourth-order valence-electron chi connectivity index (χ4n) is 1.61. The molecule has 0 aromatic rings. The van der Waals surface area contributed by atoms with Crippen LogP contribution in [0, 0.1) is 0 Å². The van der Waals surface area contributed by atoms with Crippen molar-refractivity contribution in [2.45, 2.75) is 25.1 Å². The van der Waals surface area contributed by atoms with E-state index >= 15 is 0 Å². The van der Waals surface area contributed by atoms with Gasteiger partial charge in [-0.1, -0.05) is 0 Å². The molecule has 2 nitrogen and oxygen atoms in total. The maximum Gasteiger partial charge on any atom is 0.390 e. The predicted octanol–water partition coefficient (Wildman–Crippen LogP) is 1.97. The summed E-state index contributed by atoms with van der Waals surface area (Å²) in [6.45, 7) is 1.85. The molecule has 0 amide bonds. The van der Waals surface area contributed by atoms with Gasteiger partial charge in [-0.25, -0.2) is 0 Å². The van der Waals surface area contributed by atoms with Gasteiger partial charge < -0.3 is 10.2 Å². The van der Waals surface area contributed by atoms with E-state index in [-0.39, 0.29) is 6.54 Å². The van der Waals surface area contributed by atoms with Crippen molar-refractivity contribution in [3.8, 4) is 0 Å². The van der Waals surface area contributed by atoms with Crippen LogP contribution >= 0.6 is 11.8 Å². The molecule has 1 fully saturated rings. The van der Waals surface area contributed by atoms with Gasteiger partial charge in [0.15, 0.2) is 0 Å². The molecule has 1 unspecified atom stereocenters. The van der Waals surface area contributed by atoms with Crippen molar-refractivity contribution in [1.82, 2.24) is 10.2 Å². The summed E-state index contributed by atoms with van der Waals surface area (Å²) in [5.74, 6) is 2.22. The molecule has 0 aromatic carbocycles. The molecule has 96 valence electrons. The Morgan fingerprint density at radius 2 is 2.12 bits per heavy atom. The molecule has 1 saturated heterocycles. The average Bonchev–Trinajstić information content (AvgIpc) is 2.24. The van der Waals surface area contributed by atoms with E-state index in [9.17, 15) is 13.2 Å². The maximum absolute atomic E-state index is 12.0.